The number of aromatic hydroxyl groups is 1. The Morgan fingerprint density at radius 2 is 2.21 bits per heavy atom. The van der Waals surface area contributed by atoms with Crippen LogP contribution in [-0.2, 0) is 6.42 Å². The number of thiophene rings is 1. The summed E-state index contributed by atoms with van der Waals surface area (Å²) in [5, 5.41) is 13.3. The summed E-state index contributed by atoms with van der Waals surface area (Å²) in [4.78, 5) is 0.960. The highest BCUT2D eigenvalue weighted by molar-refractivity contribution is 7.98. The topological polar surface area (TPSA) is 20.2 Å². The maximum absolute atomic E-state index is 9.95. The number of thioether (sulfide) groups is 1. The van der Waals surface area contributed by atoms with Gasteiger partial charge in [-0.3, -0.25) is 0 Å². The predicted octanol–water partition coefficient (Wildman–Crippen LogP) is 3.89. The third-order valence-electron chi connectivity index (χ3n) is 2.36. The van der Waals surface area contributed by atoms with Gasteiger partial charge in [0.25, 0.3) is 0 Å². The first-order valence-electron chi connectivity index (χ1n) is 4.54. The molecule has 0 aliphatic heterocycles. The zero-order valence-electron chi connectivity index (χ0n) is 8.20. The van der Waals surface area contributed by atoms with Crippen molar-refractivity contribution in [3.8, 4) is 5.75 Å². The molecule has 14 heavy (non-hydrogen) atoms. The molecule has 0 saturated carbocycles. The summed E-state index contributed by atoms with van der Waals surface area (Å²) in [6.07, 6.45) is 3.01. The van der Waals surface area contributed by atoms with E-state index in [0.29, 0.717) is 5.75 Å². The van der Waals surface area contributed by atoms with E-state index < -0.39 is 0 Å². The maximum Gasteiger partial charge on any atom is 0.146 e. The molecule has 0 bridgehead atoms. The average Bonchev–Trinajstić information content (AvgIpc) is 2.62. The van der Waals surface area contributed by atoms with Crippen LogP contribution in [0.2, 0.25) is 0 Å². The molecule has 0 spiro atoms. The maximum atomic E-state index is 9.95. The summed E-state index contributed by atoms with van der Waals surface area (Å²) in [6.45, 7) is 2.14. The lowest BCUT2D eigenvalue weighted by Crippen LogP contribution is -1.77. The van der Waals surface area contributed by atoms with E-state index >= 15 is 0 Å². The number of rotatable bonds is 2. The fourth-order valence-corrected chi connectivity index (χ4v) is 3.22. The van der Waals surface area contributed by atoms with E-state index in [4.69, 9.17) is 0 Å². The molecule has 1 N–H and O–H groups in total. The SMILES string of the molecule is CCc1csc2c(O)c(SC)ccc12. The van der Waals surface area contributed by atoms with Gasteiger partial charge in [0, 0.05) is 0 Å². The van der Waals surface area contributed by atoms with E-state index in [0.717, 1.165) is 16.0 Å². The van der Waals surface area contributed by atoms with Gasteiger partial charge in [0.1, 0.15) is 5.75 Å². The summed E-state index contributed by atoms with van der Waals surface area (Å²) in [5.41, 5.74) is 1.33. The molecule has 0 aliphatic rings. The average molecular weight is 224 g/mol. The van der Waals surface area contributed by atoms with Crippen LogP contribution < -0.4 is 0 Å². The first kappa shape index (κ1) is 9.87. The molecule has 0 unspecified atom stereocenters. The van der Waals surface area contributed by atoms with E-state index in [1.807, 2.05) is 12.3 Å². The molecule has 2 aromatic rings. The summed E-state index contributed by atoms with van der Waals surface area (Å²) in [6, 6.07) is 4.10. The van der Waals surface area contributed by atoms with E-state index in [1.165, 1.54) is 10.9 Å². The Balaban J connectivity index is 2.72. The minimum Gasteiger partial charge on any atom is -0.505 e. The van der Waals surface area contributed by atoms with Gasteiger partial charge in [0.05, 0.1) is 9.60 Å². The molecule has 0 atom stereocenters. The molecule has 1 heterocycles. The molecule has 3 heteroatoms. The molecule has 2 rings (SSSR count). The van der Waals surface area contributed by atoms with Gasteiger partial charge in [0.2, 0.25) is 0 Å². The van der Waals surface area contributed by atoms with Crippen molar-refractivity contribution >= 4 is 33.2 Å². The number of phenols is 1. The molecule has 74 valence electrons. The lowest BCUT2D eigenvalue weighted by molar-refractivity contribution is 0.470. The van der Waals surface area contributed by atoms with Crippen molar-refractivity contribution in [1.29, 1.82) is 0 Å². The van der Waals surface area contributed by atoms with Gasteiger partial charge in [0.15, 0.2) is 0 Å². The molecule has 0 radical (unpaired) electrons. The van der Waals surface area contributed by atoms with Gasteiger partial charge in [-0.25, -0.2) is 0 Å². The van der Waals surface area contributed by atoms with Crippen LogP contribution in [0.5, 0.6) is 5.75 Å². The fraction of sp³-hybridized carbons (Fsp3) is 0.273. The third kappa shape index (κ3) is 1.41. The van der Waals surface area contributed by atoms with E-state index in [2.05, 4.69) is 18.4 Å². The van der Waals surface area contributed by atoms with Gasteiger partial charge in [-0.2, -0.15) is 0 Å². The van der Waals surface area contributed by atoms with E-state index in [-0.39, 0.29) is 0 Å². The van der Waals surface area contributed by atoms with Crippen molar-refractivity contribution < 1.29 is 5.11 Å². The number of aryl methyl sites for hydroxylation is 1. The predicted molar refractivity (Wildman–Crippen MR) is 64.6 cm³/mol. The second-order valence-electron chi connectivity index (χ2n) is 3.11. The lowest BCUT2D eigenvalue weighted by atomic mass is 10.1. The Bertz CT molecular complexity index is 460. The van der Waals surface area contributed by atoms with Crippen LogP contribution in [-0.4, -0.2) is 11.4 Å². The largest absolute Gasteiger partial charge is 0.505 e. The Labute approximate surface area is 91.8 Å². The zero-order valence-corrected chi connectivity index (χ0v) is 9.84. The molecule has 1 aromatic carbocycles. The van der Waals surface area contributed by atoms with Crippen molar-refractivity contribution in [1.82, 2.24) is 0 Å². The highest BCUT2D eigenvalue weighted by Gasteiger charge is 2.09. The van der Waals surface area contributed by atoms with E-state index in [1.54, 1.807) is 23.1 Å². The molecule has 1 nitrogen and oxygen atoms in total. The number of hydrogen-bond donors (Lipinski definition) is 1. The molecule has 0 fully saturated rings. The van der Waals surface area contributed by atoms with Gasteiger partial charge in [-0.15, -0.1) is 23.1 Å². The Kier molecular flexibility index (Phi) is 2.70. The van der Waals surface area contributed by atoms with Crippen molar-refractivity contribution in [3.63, 3.8) is 0 Å². The van der Waals surface area contributed by atoms with Crippen LogP contribution in [0, 0.1) is 0 Å². The molecule has 0 saturated heterocycles. The van der Waals surface area contributed by atoms with Crippen LogP contribution in [0.4, 0.5) is 0 Å². The van der Waals surface area contributed by atoms with Gasteiger partial charge < -0.3 is 5.11 Å². The van der Waals surface area contributed by atoms with Gasteiger partial charge >= 0.3 is 0 Å². The van der Waals surface area contributed by atoms with Crippen molar-refractivity contribution in [2.45, 2.75) is 18.2 Å². The van der Waals surface area contributed by atoms with Crippen LogP contribution in [0.15, 0.2) is 22.4 Å². The first-order chi connectivity index (χ1) is 6.77. The second-order valence-corrected chi connectivity index (χ2v) is 4.84. The molecular formula is C11H12OS2. The summed E-state index contributed by atoms with van der Waals surface area (Å²) in [5.74, 6) is 0.444. The molecule has 1 aromatic heterocycles. The Morgan fingerprint density at radius 3 is 2.86 bits per heavy atom. The van der Waals surface area contributed by atoms with Crippen molar-refractivity contribution in [2.24, 2.45) is 0 Å². The number of fused-ring (bicyclic) bond motifs is 1. The second kappa shape index (κ2) is 3.83. The Morgan fingerprint density at radius 1 is 1.43 bits per heavy atom. The third-order valence-corrected chi connectivity index (χ3v) is 4.18. The quantitative estimate of drug-likeness (QED) is 0.781. The van der Waals surface area contributed by atoms with Gasteiger partial charge in [-0.1, -0.05) is 13.0 Å². The molecule has 0 aliphatic carbocycles. The summed E-state index contributed by atoms with van der Waals surface area (Å²) in [7, 11) is 0. The Hall–Kier alpha value is -0.670. The highest BCUT2D eigenvalue weighted by atomic mass is 32.2. The lowest BCUT2D eigenvalue weighted by Gasteiger charge is -2.02. The van der Waals surface area contributed by atoms with Crippen LogP contribution in [0.25, 0.3) is 10.1 Å². The molecule has 0 amide bonds. The fourth-order valence-electron chi connectivity index (χ4n) is 1.56. The number of phenolic OH excluding ortho intramolecular Hbond substituents is 1. The van der Waals surface area contributed by atoms with Crippen molar-refractivity contribution in [2.75, 3.05) is 6.26 Å². The first-order valence-corrected chi connectivity index (χ1v) is 6.64. The van der Waals surface area contributed by atoms with Crippen LogP contribution >= 0.6 is 23.1 Å². The van der Waals surface area contributed by atoms with Crippen LogP contribution in [0.1, 0.15) is 12.5 Å². The highest BCUT2D eigenvalue weighted by Crippen LogP contribution is 2.39. The van der Waals surface area contributed by atoms with E-state index in [9.17, 15) is 5.11 Å². The van der Waals surface area contributed by atoms with Crippen LogP contribution in [0.3, 0.4) is 0 Å². The summed E-state index contributed by atoms with van der Waals surface area (Å²) < 4.78 is 1.02. The smallest absolute Gasteiger partial charge is 0.146 e. The monoisotopic (exact) mass is 224 g/mol. The number of hydrogen-bond acceptors (Lipinski definition) is 3. The summed E-state index contributed by atoms with van der Waals surface area (Å²) >= 11 is 3.22. The minimum atomic E-state index is 0.444. The standard InChI is InChI=1S/C11H12OS2/c1-3-7-6-14-11-8(7)4-5-9(13-2)10(11)12/h4-6,12H,3H2,1-2H3. The number of benzene rings is 1. The normalized spacial score (nSPS) is 11.0. The minimum absolute atomic E-state index is 0.444. The molecular weight excluding hydrogens is 212 g/mol. The van der Waals surface area contributed by atoms with Crippen molar-refractivity contribution in [3.05, 3.63) is 23.1 Å². The van der Waals surface area contributed by atoms with Gasteiger partial charge in [-0.05, 0) is 35.1 Å². The zero-order chi connectivity index (χ0) is 10.1.